The Morgan fingerprint density at radius 3 is 2.62 bits per heavy atom. The number of ether oxygens (including phenoxy) is 1. The number of rotatable bonds is 3. The van der Waals surface area contributed by atoms with Crippen LogP contribution in [-0.2, 0) is 4.74 Å². The van der Waals surface area contributed by atoms with Gasteiger partial charge in [-0.3, -0.25) is 0 Å². The van der Waals surface area contributed by atoms with E-state index in [2.05, 4.69) is 20.0 Å². The Balaban J connectivity index is 2.27. The van der Waals surface area contributed by atoms with Crippen LogP contribution in [0.15, 0.2) is 10.8 Å². The van der Waals surface area contributed by atoms with E-state index in [0.717, 1.165) is 15.8 Å². The number of hydrogen-bond donors (Lipinski definition) is 1. The molecule has 0 unspecified atom stereocenters. The molecule has 0 aromatic carbocycles. The van der Waals surface area contributed by atoms with E-state index in [9.17, 15) is 4.79 Å². The molecule has 0 saturated heterocycles. The molecule has 0 saturated carbocycles. The molecule has 0 radical (unpaired) electrons. The summed E-state index contributed by atoms with van der Waals surface area (Å²) in [6.45, 7) is 0. The molecule has 0 atom stereocenters. The van der Waals surface area contributed by atoms with Crippen molar-refractivity contribution in [3.63, 3.8) is 0 Å². The van der Waals surface area contributed by atoms with Gasteiger partial charge in [0.2, 0.25) is 0 Å². The lowest BCUT2D eigenvalue weighted by atomic mass is 10.5. The highest BCUT2D eigenvalue weighted by Gasteiger charge is 2.13. The predicted octanol–water partition coefficient (Wildman–Crippen LogP) is 2.09. The fraction of sp³-hybridized carbons (Fsp3) is 0.222. The van der Waals surface area contributed by atoms with Gasteiger partial charge in [-0.15, -0.1) is 22.7 Å². The Kier molecular flexibility index (Phi) is 3.16. The maximum absolute atomic E-state index is 11.2. The molecule has 2 rings (SSSR count). The fourth-order valence-corrected chi connectivity index (χ4v) is 2.71. The quantitative estimate of drug-likeness (QED) is 0.851. The largest absolute Gasteiger partial charge is 0.464 e. The topological polar surface area (TPSA) is 64.1 Å². The van der Waals surface area contributed by atoms with Crippen LogP contribution in [0, 0.1) is 0 Å². The summed E-state index contributed by atoms with van der Waals surface area (Å²) in [4.78, 5) is 19.7. The van der Waals surface area contributed by atoms with Crippen molar-refractivity contribution in [1.29, 1.82) is 0 Å². The number of esters is 1. The van der Waals surface area contributed by atoms with Crippen LogP contribution in [0.4, 0.5) is 5.82 Å². The molecular weight excluding hydrogens is 246 g/mol. The van der Waals surface area contributed by atoms with Crippen LogP contribution in [-0.4, -0.2) is 30.1 Å². The maximum atomic E-state index is 11.2. The highest BCUT2D eigenvalue weighted by atomic mass is 32.1. The number of carbonyl (C=O) groups excluding carboxylic acids is 1. The summed E-state index contributed by atoms with van der Waals surface area (Å²) in [7, 11) is 3.14. The van der Waals surface area contributed by atoms with E-state index < -0.39 is 5.97 Å². The summed E-state index contributed by atoms with van der Waals surface area (Å²) < 4.78 is 4.59. The maximum Gasteiger partial charge on any atom is 0.357 e. The third kappa shape index (κ3) is 2.05. The van der Waals surface area contributed by atoms with E-state index in [0.29, 0.717) is 5.69 Å². The van der Waals surface area contributed by atoms with E-state index in [-0.39, 0.29) is 0 Å². The Morgan fingerprint density at radius 2 is 2.00 bits per heavy atom. The smallest absolute Gasteiger partial charge is 0.357 e. The van der Waals surface area contributed by atoms with Crippen LogP contribution >= 0.6 is 22.7 Å². The Labute approximate surface area is 100 Å². The summed E-state index contributed by atoms with van der Waals surface area (Å²) in [6, 6.07) is 0. The number of aromatic nitrogens is 2. The van der Waals surface area contributed by atoms with E-state index >= 15 is 0 Å². The van der Waals surface area contributed by atoms with Crippen LogP contribution < -0.4 is 5.32 Å². The van der Waals surface area contributed by atoms with Crippen molar-refractivity contribution in [2.45, 2.75) is 0 Å². The zero-order valence-electron chi connectivity index (χ0n) is 8.68. The molecule has 1 N–H and O–H groups in total. The summed E-state index contributed by atoms with van der Waals surface area (Å²) >= 11 is 2.86. The van der Waals surface area contributed by atoms with Crippen molar-refractivity contribution in [2.75, 3.05) is 19.5 Å². The second-order valence-corrected chi connectivity index (χ2v) is 4.53. The first-order valence-corrected chi connectivity index (χ1v) is 6.18. The Hall–Kier alpha value is -1.47. The molecule has 2 aromatic rings. The van der Waals surface area contributed by atoms with E-state index in [1.165, 1.54) is 29.8 Å². The van der Waals surface area contributed by atoms with Gasteiger partial charge in [0.05, 0.1) is 7.11 Å². The highest BCUT2D eigenvalue weighted by Crippen LogP contribution is 2.28. The van der Waals surface area contributed by atoms with Gasteiger partial charge in [0.1, 0.15) is 5.82 Å². The van der Waals surface area contributed by atoms with Crippen LogP contribution in [0.25, 0.3) is 10.0 Å². The molecule has 2 aromatic heterocycles. The van der Waals surface area contributed by atoms with E-state index in [4.69, 9.17) is 0 Å². The third-order valence-electron chi connectivity index (χ3n) is 1.84. The summed E-state index contributed by atoms with van der Waals surface area (Å²) in [5.74, 6) is 0.378. The van der Waals surface area contributed by atoms with Crippen LogP contribution in [0.5, 0.6) is 0 Å². The minimum Gasteiger partial charge on any atom is -0.464 e. The van der Waals surface area contributed by atoms with Gasteiger partial charge in [-0.1, -0.05) is 0 Å². The minimum absolute atomic E-state index is 0.323. The summed E-state index contributed by atoms with van der Waals surface area (Å²) in [5.41, 5.74) is 0.323. The monoisotopic (exact) mass is 255 g/mol. The molecule has 0 spiro atoms. The first-order chi connectivity index (χ1) is 7.74. The first-order valence-electron chi connectivity index (χ1n) is 4.42. The number of hydrogen-bond acceptors (Lipinski definition) is 7. The summed E-state index contributed by atoms with van der Waals surface area (Å²) in [5, 5.41) is 8.03. The second kappa shape index (κ2) is 4.58. The van der Waals surface area contributed by atoms with Crippen molar-refractivity contribution in [3.05, 3.63) is 16.5 Å². The van der Waals surface area contributed by atoms with Gasteiger partial charge in [-0.25, -0.2) is 14.8 Å². The van der Waals surface area contributed by atoms with Crippen molar-refractivity contribution in [2.24, 2.45) is 0 Å². The lowest BCUT2D eigenvalue weighted by Gasteiger charge is -1.91. The molecule has 7 heteroatoms. The number of nitrogens with zero attached hydrogens (tertiary/aromatic N) is 2. The van der Waals surface area contributed by atoms with Crippen molar-refractivity contribution in [3.8, 4) is 10.0 Å². The van der Waals surface area contributed by atoms with Gasteiger partial charge in [-0.2, -0.15) is 0 Å². The molecule has 0 aliphatic carbocycles. The lowest BCUT2D eigenvalue weighted by molar-refractivity contribution is 0.0595. The second-order valence-electron chi connectivity index (χ2n) is 2.82. The minimum atomic E-state index is -0.423. The van der Waals surface area contributed by atoms with E-state index in [1.54, 1.807) is 12.4 Å². The molecular formula is C9H9N3O2S2. The van der Waals surface area contributed by atoms with Crippen molar-refractivity contribution in [1.82, 2.24) is 9.97 Å². The number of nitrogens with one attached hydrogen (secondary N) is 1. The number of carbonyl (C=O) groups is 1. The van der Waals surface area contributed by atoms with E-state index in [1.807, 2.05) is 5.38 Å². The normalized spacial score (nSPS) is 10.1. The fourth-order valence-electron chi connectivity index (χ4n) is 1.06. The van der Waals surface area contributed by atoms with Crippen molar-refractivity contribution >= 4 is 34.5 Å². The first kappa shape index (κ1) is 11.0. The van der Waals surface area contributed by atoms with Crippen LogP contribution in [0.1, 0.15) is 10.5 Å². The predicted molar refractivity (Wildman–Crippen MR) is 64.1 cm³/mol. The Morgan fingerprint density at radius 1 is 1.31 bits per heavy atom. The molecule has 0 aliphatic heterocycles. The number of methoxy groups -OCH3 is 1. The van der Waals surface area contributed by atoms with Crippen LogP contribution in [0.2, 0.25) is 0 Å². The van der Waals surface area contributed by atoms with Gasteiger partial charge in [0.25, 0.3) is 0 Å². The lowest BCUT2D eigenvalue weighted by Crippen LogP contribution is -2.00. The molecule has 0 bridgehead atoms. The molecule has 0 aliphatic rings. The zero-order valence-corrected chi connectivity index (χ0v) is 10.3. The molecule has 84 valence electrons. The van der Waals surface area contributed by atoms with Crippen LogP contribution in [0.3, 0.4) is 0 Å². The van der Waals surface area contributed by atoms with Gasteiger partial charge >= 0.3 is 5.97 Å². The van der Waals surface area contributed by atoms with Gasteiger partial charge in [-0.05, 0) is 0 Å². The zero-order chi connectivity index (χ0) is 11.5. The Bertz CT molecular complexity index is 506. The standard InChI is InChI=1S/C9H9N3O2S2/c1-10-6-4-16-8(12-6)7-11-5(3-15-7)9(13)14-2/h3-4,10H,1-2H3. The average molecular weight is 255 g/mol. The van der Waals surface area contributed by atoms with Gasteiger partial charge in [0, 0.05) is 17.8 Å². The third-order valence-corrected chi connectivity index (χ3v) is 3.67. The van der Waals surface area contributed by atoms with Gasteiger partial charge < -0.3 is 10.1 Å². The molecule has 16 heavy (non-hydrogen) atoms. The summed E-state index contributed by atoms with van der Waals surface area (Å²) in [6.07, 6.45) is 0. The molecule has 5 nitrogen and oxygen atoms in total. The van der Waals surface area contributed by atoms with Crippen molar-refractivity contribution < 1.29 is 9.53 Å². The highest BCUT2D eigenvalue weighted by molar-refractivity contribution is 7.20. The molecule has 0 fully saturated rings. The number of thiazole rings is 2. The molecule has 0 amide bonds. The van der Waals surface area contributed by atoms with Gasteiger partial charge in [0.15, 0.2) is 15.7 Å². The SMILES string of the molecule is CNc1csc(-c2nc(C(=O)OC)cs2)n1. The number of anilines is 1. The molecule has 2 heterocycles. The average Bonchev–Trinajstić information content (AvgIpc) is 2.95.